The van der Waals surface area contributed by atoms with E-state index in [-0.39, 0.29) is 43.0 Å². The number of aliphatic hydroxyl groups excluding tert-OH is 1. The lowest BCUT2D eigenvalue weighted by atomic mass is 9.70. The largest absolute Gasteiger partial charge is 0.395 e. The molecule has 0 aromatic carbocycles. The Morgan fingerprint density at radius 1 is 1.31 bits per heavy atom. The number of likely N-dealkylation sites (tertiary alicyclic amines) is 1. The summed E-state index contributed by atoms with van der Waals surface area (Å²) < 4.78 is 6.40. The molecule has 3 fully saturated rings. The third-order valence-electron chi connectivity index (χ3n) is 7.29. The van der Waals surface area contributed by atoms with E-state index in [2.05, 4.69) is 20.1 Å². The Kier molecular flexibility index (Phi) is 7.45. The van der Waals surface area contributed by atoms with Gasteiger partial charge in [-0.1, -0.05) is 25.5 Å². The second-order valence-electron chi connectivity index (χ2n) is 9.24. The van der Waals surface area contributed by atoms with Gasteiger partial charge in [0.1, 0.15) is 11.6 Å². The first-order chi connectivity index (χ1) is 15.3. The Morgan fingerprint density at radius 3 is 2.59 bits per heavy atom. The highest BCUT2D eigenvalue weighted by atomic mass is 16.5. The van der Waals surface area contributed by atoms with Crippen LogP contribution in [0.1, 0.15) is 39.5 Å². The van der Waals surface area contributed by atoms with Gasteiger partial charge in [0.05, 0.1) is 24.5 Å². The Morgan fingerprint density at radius 2 is 2.00 bits per heavy atom. The Bertz CT molecular complexity index is 771. The molecule has 178 valence electrons. The minimum Gasteiger partial charge on any atom is -0.395 e. The summed E-state index contributed by atoms with van der Waals surface area (Å²) in [5, 5.41) is 9.68. The molecule has 0 saturated carbocycles. The van der Waals surface area contributed by atoms with Gasteiger partial charge in [0.25, 0.3) is 0 Å². The van der Waals surface area contributed by atoms with Crippen LogP contribution in [0, 0.1) is 11.8 Å². The molecule has 3 aliphatic rings. The number of carbonyl (C=O) groups excluding carboxylic acids is 3. The number of hydrogen-bond acceptors (Lipinski definition) is 5. The summed E-state index contributed by atoms with van der Waals surface area (Å²) in [6.45, 7) is 12.1. The van der Waals surface area contributed by atoms with E-state index in [4.69, 9.17) is 4.74 Å². The van der Waals surface area contributed by atoms with Crippen molar-refractivity contribution in [3.63, 3.8) is 0 Å². The van der Waals surface area contributed by atoms with Crippen LogP contribution in [0.25, 0.3) is 0 Å². The molecule has 8 heteroatoms. The van der Waals surface area contributed by atoms with Crippen LogP contribution in [-0.2, 0) is 19.1 Å². The van der Waals surface area contributed by atoms with Crippen LogP contribution in [0.5, 0.6) is 0 Å². The molecule has 2 bridgehead atoms. The second kappa shape index (κ2) is 9.75. The molecular weight excluding hydrogens is 410 g/mol. The summed E-state index contributed by atoms with van der Waals surface area (Å²) in [6.07, 6.45) is 5.88. The fraction of sp³-hybridized carbons (Fsp3) is 0.708. The molecule has 0 aromatic heterocycles. The molecule has 1 N–H and O–H groups in total. The number of rotatable bonds is 11. The van der Waals surface area contributed by atoms with Gasteiger partial charge in [-0.15, -0.1) is 13.2 Å². The highest BCUT2D eigenvalue weighted by molar-refractivity contribution is 5.99. The Hall–Kier alpha value is -2.19. The van der Waals surface area contributed by atoms with Crippen LogP contribution in [-0.4, -0.2) is 94.6 Å². The first kappa shape index (κ1) is 24.5. The summed E-state index contributed by atoms with van der Waals surface area (Å²) in [4.78, 5) is 45.6. The van der Waals surface area contributed by atoms with E-state index in [0.29, 0.717) is 25.9 Å². The SMILES string of the molecule is C=CCN(C)C(=O)[C@@H]1[C@@H]2CCC3(O2)C(C(=O)N(CC=C)C(C)CCC)N(CCO)C(=O)[C@H]13. The van der Waals surface area contributed by atoms with Crippen molar-refractivity contribution in [2.45, 2.75) is 63.3 Å². The molecule has 8 nitrogen and oxygen atoms in total. The zero-order valence-electron chi connectivity index (χ0n) is 19.5. The van der Waals surface area contributed by atoms with Crippen molar-refractivity contribution in [1.29, 1.82) is 0 Å². The highest BCUT2D eigenvalue weighted by Crippen LogP contribution is 2.58. The second-order valence-corrected chi connectivity index (χ2v) is 9.24. The number of nitrogens with zero attached hydrogens (tertiary/aromatic N) is 3. The van der Waals surface area contributed by atoms with Crippen LogP contribution >= 0.6 is 0 Å². The van der Waals surface area contributed by atoms with Crippen molar-refractivity contribution in [1.82, 2.24) is 14.7 Å². The van der Waals surface area contributed by atoms with E-state index in [1.165, 1.54) is 4.90 Å². The molecule has 3 rings (SSSR count). The van der Waals surface area contributed by atoms with Gasteiger partial charge in [0.2, 0.25) is 17.7 Å². The minimum absolute atomic E-state index is 0.0261. The first-order valence-electron chi connectivity index (χ1n) is 11.6. The van der Waals surface area contributed by atoms with E-state index in [1.807, 2.05) is 6.92 Å². The lowest BCUT2D eigenvalue weighted by Crippen LogP contribution is -2.58. The van der Waals surface area contributed by atoms with Gasteiger partial charge in [-0.25, -0.2) is 0 Å². The third-order valence-corrected chi connectivity index (χ3v) is 7.29. The number of likely N-dealkylation sites (N-methyl/N-ethyl adjacent to an activating group) is 1. The van der Waals surface area contributed by atoms with Crippen molar-refractivity contribution in [3.8, 4) is 0 Å². The molecule has 0 aliphatic carbocycles. The van der Waals surface area contributed by atoms with E-state index >= 15 is 0 Å². The number of aliphatic hydroxyl groups is 1. The molecule has 6 atom stereocenters. The highest BCUT2D eigenvalue weighted by Gasteiger charge is 2.74. The van der Waals surface area contributed by atoms with Gasteiger partial charge in [-0.2, -0.15) is 0 Å². The topological polar surface area (TPSA) is 90.4 Å². The lowest BCUT2D eigenvalue weighted by Gasteiger charge is -2.38. The maximum atomic E-state index is 13.9. The van der Waals surface area contributed by atoms with Crippen LogP contribution in [0.4, 0.5) is 0 Å². The molecule has 3 saturated heterocycles. The standard InChI is InChI=1S/C24H37N3O5/c1-6-9-16(4)26(13-8-3)23(31)20-24-11-10-17(32-24)18(21(29)25(5)12-7-2)19(24)22(30)27(20)14-15-28/h7-8,16-20,28H,2-3,6,9-15H2,1,4-5H3/t16?,17-,18+,19-,20?,24?/m0/s1. The molecule has 3 amide bonds. The molecule has 32 heavy (non-hydrogen) atoms. The van der Waals surface area contributed by atoms with Gasteiger partial charge >= 0.3 is 0 Å². The number of β-amino-alcohol motifs (C(OH)–C–C–N with tert-alkyl or cyclic N) is 1. The average Bonchev–Trinajstić information content (AvgIpc) is 3.39. The van der Waals surface area contributed by atoms with Gasteiger partial charge in [-0.3, -0.25) is 14.4 Å². The molecular formula is C24H37N3O5. The van der Waals surface area contributed by atoms with Gasteiger partial charge < -0.3 is 24.5 Å². The minimum atomic E-state index is -1.03. The van der Waals surface area contributed by atoms with E-state index < -0.39 is 23.5 Å². The van der Waals surface area contributed by atoms with Crippen molar-refractivity contribution >= 4 is 17.7 Å². The number of amides is 3. The molecule has 3 unspecified atom stereocenters. The van der Waals surface area contributed by atoms with Crippen LogP contribution < -0.4 is 0 Å². The quantitative estimate of drug-likeness (QED) is 0.481. The zero-order valence-corrected chi connectivity index (χ0v) is 19.5. The summed E-state index contributed by atoms with van der Waals surface area (Å²) in [5.74, 6) is -1.96. The smallest absolute Gasteiger partial charge is 0.248 e. The molecule has 3 aliphatic heterocycles. The van der Waals surface area contributed by atoms with Crippen molar-refractivity contribution < 1.29 is 24.2 Å². The summed E-state index contributed by atoms with van der Waals surface area (Å²) in [6, 6.07) is -0.874. The lowest BCUT2D eigenvalue weighted by molar-refractivity contribution is -0.150. The van der Waals surface area contributed by atoms with Gasteiger partial charge in [0, 0.05) is 32.7 Å². The summed E-state index contributed by atoms with van der Waals surface area (Å²) >= 11 is 0. The molecule has 0 radical (unpaired) electrons. The maximum Gasteiger partial charge on any atom is 0.248 e. The van der Waals surface area contributed by atoms with E-state index in [0.717, 1.165) is 12.8 Å². The predicted octanol–water partition coefficient (Wildman–Crippen LogP) is 1.20. The van der Waals surface area contributed by atoms with Crippen LogP contribution in [0.15, 0.2) is 25.3 Å². The van der Waals surface area contributed by atoms with Crippen molar-refractivity contribution in [2.75, 3.05) is 33.3 Å². The normalized spacial score (nSPS) is 31.4. The number of hydrogen-bond donors (Lipinski definition) is 1. The van der Waals surface area contributed by atoms with Crippen LogP contribution in [0.3, 0.4) is 0 Å². The molecule has 0 aromatic rings. The van der Waals surface area contributed by atoms with E-state index in [9.17, 15) is 19.5 Å². The molecule has 1 spiro atoms. The van der Waals surface area contributed by atoms with Crippen molar-refractivity contribution in [3.05, 3.63) is 25.3 Å². The fourth-order valence-electron chi connectivity index (χ4n) is 5.96. The zero-order chi connectivity index (χ0) is 23.6. The predicted molar refractivity (Wildman–Crippen MR) is 121 cm³/mol. The maximum absolute atomic E-state index is 13.9. The number of ether oxygens (including phenoxy) is 1. The summed E-state index contributed by atoms with van der Waals surface area (Å²) in [7, 11) is 1.69. The molecule has 3 heterocycles. The Labute approximate surface area is 190 Å². The van der Waals surface area contributed by atoms with Gasteiger partial charge in [0.15, 0.2) is 0 Å². The number of fused-ring (bicyclic) bond motifs is 1. The van der Waals surface area contributed by atoms with Crippen LogP contribution in [0.2, 0.25) is 0 Å². The van der Waals surface area contributed by atoms with Crippen molar-refractivity contribution in [2.24, 2.45) is 11.8 Å². The number of carbonyl (C=O) groups is 3. The van der Waals surface area contributed by atoms with E-state index in [1.54, 1.807) is 29.0 Å². The fourth-order valence-corrected chi connectivity index (χ4v) is 5.96. The monoisotopic (exact) mass is 447 g/mol. The van der Waals surface area contributed by atoms with Gasteiger partial charge in [-0.05, 0) is 26.2 Å². The first-order valence-corrected chi connectivity index (χ1v) is 11.6. The third kappa shape index (κ3) is 3.77. The Balaban J connectivity index is 2.01. The average molecular weight is 448 g/mol. The summed E-state index contributed by atoms with van der Waals surface area (Å²) in [5.41, 5.74) is -1.03.